The summed E-state index contributed by atoms with van der Waals surface area (Å²) in [6.07, 6.45) is 4.14. The summed E-state index contributed by atoms with van der Waals surface area (Å²) in [6, 6.07) is 22.3. The van der Waals surface area contributed by atoms with Crippen molar-refractivity contribution in [2.24, 2.45) is 0 Å². The molecule has 0 aliphatic carbocycles. The van der Waals surface area contributed by atoms with E-state index in [1.807, 2.05) is 62.5 Å². The van der Waals surface area contributed by atoms with E-state index in [4.69, 9.17) is 10.5 Å². The summed E-state index contributed by atoms with van der Waals surface area (Å²) < 4.78 is 35.2. The number of methoxy groups -OCH3 is 1. The fraction of sp³-hybridized carbons (Fsp3) is 0.152. The van der Waals surface area contributed by atoms with Crippen molar-refractivity contribution >= 4 is 44.2 Å². The summed E-state index contributed by atoms with van der Waals surface area (Å²) in [4.78, 5) is 24.4. The molecule has 0 saturated heterocycles. The number of aryl methyl sites for hydroxylation is 1. The van der Waals surface area contributed by atoms with Crippen LogP contribution in [0.1, 0.15) is 23.0 Å². The first-order valence-corrected chi connectivity index (χ1v) is 16.2. The van der Waals surface area contributed by atoms with Crippen molar-refractivity contribution in [2.45, 2.75) is 31.0 Å². The molecule has 14 heteroatoms. The molecule has 4 N–H and O–H groups in total. The molecule has 3 aromatic heterocycles. The van der Waals surface area contributed by atoms with Gasteiger partial charge in [0.1, 0.15) is 35.6 Å². The SMILES string of the molecule is COc1ccc(S(=O)(=O)n2ncc3ccc(-c4c(N)ncnc4N[C@@H](C)C4Nn5ccc(C)c5C(=O)N4c4ccccc4)cc32)cc1. The van der Waals surface area contributed by atoms with E-state index >= 15 is 0 Å². The lowest BCUT2D eigenvalue weighted by Crippen LogP contribution is -2.59. The van der Waals surface area contributed by atoms with Crippen molar-refractivity contribution < 1.29 is 17.9 Å². The number of nitrogens with two attached hydrogens (primary N) is 1. The second-order valence-electron chi connectivity index (χ2n) is 11.2. The standard InChI is InChI=1S/C33H31N9O4S/c1-20-15-16-40-29(20)33(43)41(24-7-5-4-6-8-24)32(39-40)21(2)38-31-28(30(34)35-19-36-31)22-9-10-23-18-37-42(27(23)17-22)47(44,45)26-13-11-25(46-3)12-14-26/h4-19,21,32,39H,1-3H3,(H3,34,35,36,38)/t21-,32?/m0/s1. The molecule has 0 radical (unpaired) electrons. The lowest BCUT2D eigenvalue weighted by molar-refractivity contribution is 0.0954. The molecule has 1 aliphatic heterocycles. The van der Waals surface area contributed by atoms with E-state index in [9.17, 15) is 13.2 Å². The smallest absolute Gasteiger partial charge is 0.283 e. The molecule has 13 nitrogen and oxygen atoms in total. The number of para-hydroxylation sites is 1. The number of aromatic nitrogens is 5. The van der Waals surface area contributed by atoms with Crippen LogP contribution in [0.15, 0.2) is 102 Å². The molecule has 6 aromatic rings. The van der Waals surface area contributed by atoms with Crippen molar-refractivity contribution in [3.05, 3.63) is 109 Å². The summed E-state index contributed by atoms with van der Waals surface area (Å²) in [7, 11) is -2.52. The number of benzene rings is 3. The average molecular weight is 650 g/mol. The van der Waals surface area contributed by atoms with Gasteiger partial charge in [0.25, 0.3) is 15.9 Å². The molecular formula is C33H31N9O4S. The maximum absolute atomic E-state index is 13.9. The van der Waals surface area contributed by atoms with E-state index in [0.29, 0.717) is 39.3 Å². The summed E-state index contributed by atoms with van der Waals surface area (Å²) >= 11 is 0. The van der Waals surface area contributed by atoms with Crippen molar-refractivity contribution in [2.75, 3.05) is 28.5 Å². The van der Waals surface area contributed by atoms with Crippen LogP contribution in [0.4, 0.5) is 17.3 Å². The molecule has 2 atom stereocenters. The van der Waals surface area contributed by atoms with Crippen LogP contribution in [0.5, 0.6) is 5.75 Å². The van der Waals surface area contributed by atoms with Crippen LogP contribution in [0.25, 0.3) is 22.0 Å². The summed E-state index contributed by atoms with van der Waals surface area (Å²) in [5.41, 5.74) is 13.5. The van der Waals surface area contributed by atoms with Crippen LogP contribution in [-0.4, -0.2) is 57.5 Å². The van der Waals surface area contributed by atoms with Crippen molar-refractivity contribution in [3.63, 3.8) is 0 Å². The monoisotopic (exact) mass is 649 g/mol. The third-order valence-electron chi connectivity index (χ3n) is 8.22. The Morgan fingerprint density at radius 1 is 1.02 bits per heavy atom. The Labute approximate surface area is 270 Å². The predicted octanol–water partition coefficient (Wildman–Crippen LogP) is 4.46. The van der Waals surface area contributed by atoms with Gasteiger partial charge in [-0.3, -0.25) is 14.4 Å². The first-order chi connectivity index (χ1) is 22.7. The highest BCUT2D eigenvalue weighted by Gasteiger charge is 2.38. The first kappa shape index (κ1) is 29.8. The third-order valence-corrected chi connectivity index (χ3v) is 9.83. The van der Waals surface area contributed by atoms with Gasteiger partial charge < -0.3 is 21.2 Å². The van der Waals surface area contributed by atoms with Crippen LogP contribution < -0.4 is 26.1 Å². The molecule has 0 fully saturated rings. The van der Waals surface area contributed by atoms with Crippen molar-refractivity contribution in [1.82, 2.24) is 23.8 Å². The molecule has 3 aromatic carbocycles. The molecule has 0 bridgehead atoms. The first-order valence-electron chi connectivity index (χ1n) is 14.8. The summed E-state index contributed by atoms with van der Waals surface area (Å²) in [5.74, 6) is 0.989. The lowest BCUT2D eigenvalue weighted by atomic mass is 10.0. The Bertz CT molecular complexity index is 2230. The molecule has 1 amide bonds. The number of carbonyl (C=O) groups excluding carboxylic acids is 1. The molecule has 7 rings (SSSR count). The number of fused-ring (bicyclic) bond motifs is 2. The second-order valence-corrected chi connectivity index (χ2v) is 12.9. The molecule has 0 saturated carbocycles. The zero-order valence-corrected chi connectivity index (χ0v) is 26.5. The molecular weight excluding hydrogens is 618 g/mol. The number of nitrogens with one attached hydrogen (secondary N) is 2. The fourth-order valence-corrected chi connectivity index (χ4v) is 7.10. The largest absolute Gasteiger partial charge is 0.497 e. The quantitative estimate of drug-likeness (QED) is 0.215. The maximum Gasteiger partial charge on any atom is 0.283 e. The van der Waals surface area contributed by atoms with Crippen LogP contribution >= 0.6 is 0 Å². The normalized spacial score (nSPS) is 15.3. The molecule has 1 aliphatic rings. The number of ether oxygens (including phenoxy) is 1. The number of rotatable bonds is 8. The number of nitrogen functional groups attached to an aromatic ring is 1. The minimum Gasteiger partial charge on any atom is -0.497 e. The maximum atomic E-state index is 13.9. The topological polar surface area (TPSA) is 162 Å². The Hall–Kier alpha value is -5.89. The highest BCUT2D eigenvalue weighted by molar-refractivity contribution is 7.90. The Morgan fingerprint density at radius 2 is 1.79 bits per heavy atom. The predicted molar refractivity (Wildman–Crippen MR) is 179 cm³/mol. The van der Waals surface area contributed by atoms with Gasteiger partial charge in [-0.1, -0.05) is 30.3 Å². The average Bonchev–Trinajstić information content (AvgIpc) is 3.68. The zero-order valence-electron chi connectivity index (χ0n) is 25.7. The molecule has 4 heterocycles. The van der Waals surface area contributed by atoms with Gasteiger partial charge in [-0.05, 0) is 73.5 Å². The summed E-state index contributed by atoms with van der Waals surface area (Å²) in [5, 5.41) is 8.27. The Balaban J connectivity index is 1.26. The van der Waals surface area contributed by atoms with Gasteiger partial charge in [-0.15, -0.1) is 0 Å². The molecule has 0 spiro atoms. The van der Waals surface area contributed by atoms with Crippen molar-refractivity contribution in [1.29, 1.82) is 0 Å². The Morgan fingerprint density at radius 3 is 2.53 bits per heavy atom. The minimum absolute atomic E-state index is 0.0611. The van der Waals surface area contributed by atoms with E-state index in [-0.39, 0.29) is 16.6 Å². The van der Waals surface area contributed by atoms with E-state index in [1.54, 1.807) is 33.8 Å². The molecule has 238 valence electrons. The number of hydrogen-bond donors (Lipinski definition) is 3. The number of carbonyl (C=O) groups is 1. The van der Waals surface area contributed by atoms with E-state index in [1.165, 1.54) is 31.8 Å². The second kappa shape index (κ2) is 11.5. The van der Waals surface area contributed by atoms with Gasteiger partial charge in [0.15, 0.2) is 0 Å². The Kier molecular flexibility index (Phi) is 7.28. The number of nitrogens with zero attached hydrogens (tertiary/aromatic N) is 6. The zero-order chi connectivity index (χ0) is 32.9. The summed E-state index contributed by atoms with van der Waals surface area (Å²) in [6.45, 7) is 3.83. The van der Waals surface area contributed by atoms with E-state index in [0.717, 1.165) is 15.3 Å². The lowest BCUT2D eigenvalue weighted by Gasteiger charge is -2.41. The molecule has 1 unspecified atom stereocenters. The highest BCUT2D eigenvalue weighted by atomic mass is 32.2. The van der Waals surface area contributed by atoms with Crippen LogP contribution in [0.2, 0.25) is 0 Å². The third kappa shape index (κ3) is 5.08. The van der Waals surface area contributed by atoms with Gasteiger partial charge in [0.05, 0.1) is 35.3 Å². The van der Waals surface area contributed by atoms with Gasteiger partial charge >= 0.3 is 0 Å². The van der Waals surface area contributed by atoms with Gasteiger partial charge in [-0.2, -0.15) is 17.6 Å². The molecule has 47 heavy (non-hydrogen) atoms. The highest BCUT2D eigenvalue weighted by Crippen LogP contribution is 2.35. The minimum atomic E-state index is -4.04. The van der Waals surface area contributed by atoms with Gasteiger partial charge in [0.2, 0.25) is 0 Å². The number of hydrogen-bond acceptors (Lipinski definition) is 10. The van der Waals surface area contributed by atoms with E-state index < -0.39 is 22.2 Å². The number of anilines is 3. The van der Waals surface area contributed by atoms with Crippen LogP contribution in [0, 0.1) is 6.92 Å². The van der Waals surface area contributed by atoms with Crippen LogP contribution in [-0.2, 0) is 10.0 Å². The fourth-order valence-electron chi connectivity index (χ4n) is 5.83. The van der Waals surface area contributed by atoms with Gasteiger partial charge in [-0.25, -0.2) is 9.97 Å². The van der Waals surface area contributed by atoms with Gasteiger partial charge in [0, 0.05) is 17.3 Å². The number of amides is 1. The van der Waals surface area contributed by atoms with Crippen LogP contribution in [0.3, 0.4) is 0 Å². The van der Waals surface area contributed by atoms with E-state index in [2.05, 4.69) is 25.8 Å². The van der Waals surface area contributed by atoms with Crippen molar-refractivity contribution in [3.8, 4) is 16.9 Å².